The highest BCUT2D eigenvalue weighted by Crippen LogP contribution is 2.28. The van der Waals surface area contributed by atoms with Crippen molar-refractivity contribution in [1.82, 2.24) is 19.1 Å². The van der Waals surface area contributed by atoms with Crippen LogP contribution in [0.4, 0.5) is 13.2 Å². The number of rotatable bonds is 8. The van der Waals surface area contributed by atoms with Crippen molar-refractivity contribution in [2.45, 2.75) is 50.9 Å². The molecule has 0 bridgehead atoms. The Balaban J connectivity index is 1.69. The van der Waals surface area contributed by atoms with Gasteiger partial charge < -0.3 is 0 Å². The van der Waals surface area contributed by atoms with Crippen LogP contribution in [0.25, 0.3) is 11.3 Å². The van der Waals surface area contributed by atoms with Gasteiger partial charge in [0.05, 0.1) is 24.4 Å². The molecule has 154 valence electrons. The lowest BCUT2D eigenvalue weighted by Crippen LogP contribution is -2.42. The fraction of sp³-hybridized carbons (Fsp3) is 0.556. The monoisotopic (exact) mass is 416 g/mol. The molecule has 2 heterocycles. The minimum Gasteiger partial charge on any atom is -0.271 e. The van der Waals surface area contributed by atoms with Crippen molar-refractivity contribution in [2.24, 2.45) is 0 Å². The molecule has 0 aromatic carbocycles. The van der Waals surface area contributed by atoms with Gasteiger partial charge in [-0.25, -0.2) is 8.42 Å². The second-order valence-electron chi connectivity index (χ2n) is 6.93. The maximum absolute atomic E-state index is 12.6. The van der Waals surface area contributed by atoms with Crippen molar-refractivity contribution in [2.75, 3.05) is 12.3 Å². The van der Waals surface area contributed by atoms with Crippen LogP contribution >= 0.6 is 0 Å². The minimum atomic E-state index is -4.49. The smallest absolute Gasteiger partial charge is 0.271 e. The number of nitrogens with zero attached hydrogens (tertiary/aromatic N) is 4. The van der Waals surface area contributed by atoms with Crippen LogP contribution in [0, 0.1) is 0 Å². The lowest BCUT2D eigenvalue weighted by molar-refractivity contribution is -0.130. The summed E-state index contributed by atoms with van der Waals surface area (Å²) in [6, 6.07) is 5.22. The van der Waals surface area contributed by atoms with E-state index in [-0.39, 0.29) is 19.1 Å². The molecule has 6 nitrogen and oxygen atoms in total. The van der Waals surface area contributed by atoms with Crippen LogP contribution in [0.5, 0.6) is 0 Å². The van der Waals surface area contributed by atoms with Gasteiger partial charge in [-0.05, 0) is 31.0 Å². The third kappa shape index (κ3) is 5.54. The Kier molecular flexibility index (Phi) is 6.39. The van der Waals surface area contributed by atoms with Crippen LogP contribution in [0.2, 0.25) is 0 Å². The zero-order valence-corrected chi connectivity index (χ0v) is 16.2. The van der Waals surface area contributed by atoms with E-state index in [0.29, 0.717) is 12.8 Å². The highest BCUT2D eigenvalue weighted by Gasteiger charge is 2.36. The van der Waals surface area contributed by atoms with E-state index in [1.54, 1.807) is 23.3 Å². The molecule has 1 aliphatic carbocycles. The topological polar surface area (TPSA) is 68.1 Å². The van der Waals surface area contributed by atoms with Crippen molar-refractivity contribution < 1.29 is 21.6 Å². The van der Waals surface area contributed by atoms with E-state index < -0.39 is 28.4 Å². The lowest BCUT2D eigenvalue weighted by Gasteiger charge is -2.28. The number of alkyl halides is 3. The number of aromatic nitrogens is 3. The Morgan fingerprint density at radius 3 is 2.46 bits per heavy atom. The number of sulfonamides is 1. The van der Waals surface area contributed by atoms with Gasteiger partial charge in [0, 0.05) is 36.7 Å². The van der Waals surface area contributed by atoms with Crippen molar-refractivity contribution in [3.8, 4) is 11.3 Å². The Morgan fingerprint density at radius 1 is 1.14 bits per heavy atom. The zero-order chi connectivity index (χ0) is 20.2. The predicted molar refractivity (Wildman–Crippen MR) is 98.9 cm³/mol. The van der Waals surface area contributed by atoms with Gasteiger partial charge in [0.15, 0.2) is 0 Å². The molecule has 0 unspecified atom stereocenters. The number of hydrogen-bond donors (Lipinski definition) is 0. The van der Waals surface area contributed by atoms with E-state index in [9.17, 15) is 21.6 Å². The maximum atomic E-state index is 12.6. The molecule has 1 saturated carbocycles. The lowest BCUT2D eigenvalue weighted by atomic mass is 10.2. The highest BCUT2D eigenvalue weighted by atomic mass is 32.2. The molecular weight excluding hydrogens is 393 g/mol. The summed E-state index contributed by atoms with van der Waals surface area (Å²) < 4.78 is 65.7. The molecule has 1 aliphatic rings. The van der Waals surface area contributed by atoms with Gasteiger partial charge in [0.25, 0.3) is 0 Å². The summed E-state index contributed by atoms with van der Waals surface area (Å²) in [5, 5.41) is 4.43. The number of halogens is 3. The predicted octanol–water partition coefficient (Wildman–Crippen LogP) is 3.47. The van der Waals surface area contributed by atoms with Gasteiger partial charge in [-0.3, -0.25) is 9.67 Å². The molecule has 0 saturated heterocycles. The third-order valence-corrected chi connectivity index (χ3v) is 6.81. The standard InChI is InChI=1S/C18H23F3N4O2S/c19-18(20,21)8-14-28(26,27)25(16-3-1-2-4-16)13-12-24-11-7-17(23-24)15-5-9-22-10-6-15/h5-7,9-11,16H,1-4,8,12-14H2. The fourth-order valence-corrected chi connectivity index (χ4v) is 5.22. The molecule has 28 heavy (non-hydrogen) atoms. The molecule has 0 N–H and O–H groups in total. The van der Waals surface area contributed by atoms with Gasteiger partial charge >= 0.3 is 6.18 Å². The molecule has 0 atom stereocenters. The SMILES string of the molecule is O=S(=O)(CCC(F)(F)F)N(CCn1ccc(-c2ccncc2)n1)C1CCCC1. The van der Waals surface area contributed by atoms with E-state index >= 15 is 0 Å². The largest absolute Gasteiger partial charge is 0.390 e. The third-order valence-electron chi connectivity index (χ3n) is 4.90. The molecule has 0 amide bonds. The maximum Gasteiger partial charge on any atom is 0.390 e. The Morgan fingerprint density at radius 2 is 1.82 bits per heavy atom. The normalized spacial score (nSPS) is 16.1. The summed E-state index contributed by atoms with van der Waals surface area (Å²) in [5.74, 6) is -0.908. The first-order valence-corrected chi connectivity index (χ1v) is 10.9. The summed E-state index contributed by atoms with van der Waals surface area (Å²) in [5.41, 5.74) is 1.62. The first-order valence-electron chi connectivity index (χ1n) is 9.25. The van der Waals surface area contributed by atoms with Gasteiger partial charge in [0.2, 0.25) is 10.0 Å². The molecule has 0 radical (unpaired) electrons. The van der Waals surface area contributed by atoms with Gasteiger partial charge in [-0.15, -0.1) is 0 Å². The summed E-state index contributed by atoms with van der Waals surface area (Å²) in [6.45, 7) is 0.398. The number of hydrogen-bond acceptors (Lipinski definition) is 4. The fourth-order valence-electron chi connectivity index (χ4n) is 3.47. The van der Waals surface area contributed by atoms with E-state index in [1.165, 1.54) is 4.31 Å². The first kappa shape index (κ1) is 20.8. The van der Waals surface area contributed by atoms with Gasteiger partial charge in [0.1, 0.15) is 0 Å². The Bertz CT molecular complexity index is 862. The molecule has 3 rings (SSSR count). The van der Waals surface area contributed by atoms with Crippen molar-refractivity contribution in [3.05, 3.63) is 36.8 Å². The average molecular weight is 416 g/mol. The van der Waals surface area contributed by atoms with Gasteiger partial charge in [-0.2, -0.15) is 22.6 Å². The highest BCUT2D eigenvalue weighted by molar-refractivity contribution is 7.89. The van der Waals surface area contributed by atoms with Crippen LogP contribution in [0.1, 0.15) is 32.1 Å². The quantitative estimate of drug-likeness (QED) is 0.661. The van der Waals surface area contributed by atoms with E-state index in [0.717, 1.165) is 24.1 Å². The number of pyridine rings is 1. The Labute approximate surface area is 162 Å². The summed E-state index contributed by atoms with van der Waals surface area (Å²) in [7, 11) is -3.99. The van der Waals surface area contributed by atoms with Crippen LogP contribution in [-0.2, 0) is 16.6 Å². The molecule has 10 heteroatoms. The molecule has 1 fully saturated rings. The molecular formula is C18H23F3N4O2S. The summed E-state index contributed by atoms with van der Waals surface area (Å²) >= 11 is 0. The van der Waals surface area contributed by atoms with Crippen LogP contribution in [0.3, 0.4) is 0 Å². The van der Waals surface area contributed by atoms with Crippen molar-refractivity contribution in [1.29, 1.82) is 0 Å². The zero-order valence-electron chi connectivity index (χ0n) is 15.3. The Hall–Kier alpha value is -1.94. The van der Waals surface area contributed by atoms with Crippen molar-refractivity contribution in [3.63, 3.8) is 0 Å². The van der Waals surface area contributed by atoms with Crippen LogP contribution in [0.15, 0.2) is 36.8 Å². The van der Waals surface area contributed by atoms with Crippen LogP contribution in [-0.4, -0.2) is 52.0 Å². The summed E-state index contributed by atoms with van der Waals surface area (Å²) in [6.07, 6.45) is 2.40. The molecule has 2 aromatic heterocycles. The van der Waals surface area contributed by atoms with E-state index in [4.69, 9.17) is 0 Å². The molecule has 0 aliphatic heterocycles. The molecule has 2 aromatic rings. The first-order chi connectivity index (χ1) is 13.2. The van der Waals surface area contributed by atoms with E-state index in [1.807, 2.05) is 18.2 Å². The summed E-state index contributed by atoms with van der Waals surface area (Å²) in [4.78, 5) is 3.96. The second kappa shape index (κ2) is 8.60. The average Bonchev–Trinajstić information content (AvgIpc) is 3.33. The van der Waals surface area contributed by atoms with Crippen molar-refractivity contribution >= 4 is 10.0 Å². The minimum absolute atomic E-state index is 0.113. The van der Waals surface area contributed by atoms with Gasteiger partial charge in [-0.1, -0.05) is 12.8 Å². The molecule has 0 spiro atoms. The second-order valence-corrected chi connectivity index (χ2v) is 8.97. The van der Waals surface area contributed by atoms with E-state index in [2.05, 4.69) is 10.1 Å². The van der Waals surface area contributed by atoms with Crippen LogP contribution < -0.4 is 0 Å².